The van der Waals surface area contributed by atoms with Gasteiger partial charge < -0.3 is 52.0 Å². The van der Waals surface area contributed by atoms with Gasteiger partial charge in [0.15, 0.2) is 0 Å². The molecule has 1 unspecified atom stereocenters. The number of nitrogens with zero attached hydrogens (tertiary/aromatic N) is 1. The minimum atomic E-state index is -1.37. The van der Waals surface area contributed by atoms with Gasteiger partial charge in [-0.2, -0.15) is 0 Å². The molecule has 6 rings (SSSR count). The third-order valence-corrected chi connectivity index (χ3v) is 9.97. The van der Waals surface area contributed by atoms with Crippen molar-refractivity contribution in [3.63, 3.8) is 0 Å². The maximum absolute atomic E-state index is 13.8. The second-order valence-electron chi connectivity index (χ2n) is 14.0. The monoisotopic (exact) mass is 756 g/mol. The number of likely N-dealkylation sites (tertiary alicyclic amines) is 1. The number of benzene rings is 2. The third kappa shape index (κ3) is 8.95. The van der Waals surface area contributed by atoms with Gasteiger partial charge in [-0.3, -0.25) is 33.6 Å². The van der Waals surface area contributed by atoms with E-state index in [1.807, 2.05) is 31.2 Å². The van der Waals surface area contributed by atoms with Crippen LogP contribution in [0.15, 0.2) is 54.7 Å². The number of aromatic nitrogens is 1. The molecular weight excluding hydrogens is 712 g/mol. The van der Waals surface area contributed by atoms with Gasteiger partial charge in [0, 0.05) is 53.8 Å². The van der Waals surface area contributed by atoms with E-state index in [2.05, 4.69) is 31.6 Å². The Morgan fingerprint density at radius 2 is 1.78 bits per heavy atom. The first-order valence-corrected chi connectivity index (χ1v) is 18.1. The summed E-state index contributed by atoms with van der Waals surface area (Å²) in [5.74, 6) is -3.98. The molecular formula is C38H44N8O9. The molecule has 0 saturated carbocycles. The second-order valence-corrected chi connectivity index (χ2v) is 14.0. The van der Waals surface area contributed by atoms with E-state index in [4.69, 9.17) is 10.5 Å². The highest BCUT2D eigenvalue weighted by Gasteiger charge is 2.40. The first-order valence-electron chi connectivity index (χ1n) is 18.1. The smallest absolute Gasteiger partial charge is 0.247 e. The van der Waals surface area contributed by atoms with Gasteiger partial charge >= 0.3 is 0 Å². The molecule has 0 bridgehead atoms. The normalized spacial score (nSPS) is 20.6. The molecule has 1 aromatic heterocycles. The number of amides is 7. The molecule has 0 radical (unpaired) electrons. The van der Waals surface area contributed by atoms with Crippen molar-refractivity contribution in [2.75, 3.05) is 11.9 Å². The van der Waals surface area contributed by atoms with Crippen LogP contribution in [0.3, 0.4) is 0 Å². The molecule has 17 nitrogen and oxygen atoms in total. The topological polar surface area (TPSA) is 254 Å². The second kappa shape index (κ2) is 16.4. The van der Waals surface area contributed by atoms with E-state index in [9.17, 15) is 38.7 Å². The highest BCUT2D eigenvalue weighted by molar-refractivity contribution is 6.01. The van der Waals surface area contributed by atoms with Crippen LogP contribution < -0.4 is 37.1 Å². The van der Waals surface area contributed by atoms with Crippen molar-refractivity contribution in [1.82, 2.24) is 31.2 Å². The van der Waals surface area contributed by atoms with E-state index in [0.29, 0.717) is 17.9 Å². The number of hydrogen-bond donors (Lipinski definition) is 8. The quantitative estimate of drug-likeness (QED) is 0.117. The van der Waals surface area contributed by atoms with E-state index in [-0.39, 0.29) is 38.1 Å². The zero-order valence-corrected chi connectivity index (χ0v) is 30.3. The first kappa shape index (κ1) is 38.5. The number of nitrogens with one attached hydrogen (secondary N) is 6. The van der Waals surface area contributed by atoms with Gasteiger partial charge in [-0.1, -0.05) is 18.2 Å². The van der Waals surface area contributed by atoms with Crippen LogP contribution >= 0.6 is 0 Å². The number of nitrogens with two attached hydrogens (primary N) is 1. The number of aliphatic hydroxyl groups excluding tert-OH is 1. The van der Waals surface area contributed by atoms with Crippen molar-refractivity contribution < 1.29 is 43.4 Å². The molecule has 4 heterocycles. The van der Waals surface area contributed by atoms with Gasteiger partial charge in [0.25, 0.3) is 0 Å². The van der Waals surface area contributed by atoms with E-state index in [1.54, 1.807) is 30.5 Å². The fourth-order valence-electron chi connectivity index (χ4n) is 7.11. The minimum Gasteiger partial charge on any atom is -0.461 e. The Hall–Kier alpha value is -6.23. The summed E-state index contributed by atoms with van der Waals surface area (Å²) in [6.45, 7) is 3.43. The SMILES string of the molecule is CC1=CC(O)Oc2cc(NC(=O)[C@@H](Cc3c[nH]c4ccccc34)NC(=O)[C@@H](C)NC(=O)[C@@H]3CCCN3C(=O)[C@H](CC(N)=O)NC(=O)[C@@H]3CCC(=O)N3)ccc21. The fourth-order valence-corrected chi connectivity index (χ4v) is 7.11. The maximum Gasteiger partial charge on any atom is 0.247 e. The Bertz CT molecular complexity index is 2060. The predicted molar refractivity (Wildman–Crippen MR) is 199 cm³/mol. The Morgan fingerprint density at radius 1 is 1.00 bits per heavy atom. The lowest BCUT2D eigenvalue weighted by Crippen LogP contribution is -2.58. The lowest BCUT2D eigenvalue weighted by molar-refractivity contribution is -0.143. The number of H-pyrrole nitrogens is 1. The summed E-state index contributed by atoms with van der Waals surface area (Å²) in [5, 5.41) is 24.2. The van der Waals surface area contributed by atoms with Crippen LogP contribution in [0.25, 0.3) is 16.5 Å². The van der Waals surface area contributed by atoms with Crippen LogP contribution in [0.5, 0.6) is 5.75 Å². The summed E-state index contributed by atoms with van der Waals surface area (Å²) in [6.07, 6.45) is 2.83. The summed E-state index contributed by atoms with van der Waals surface area (Å²) in [7, 11) is 0. The Labute approximate surface area is 315 Å². The fraction of sp³-hybridized carbons (Fsp3) is 0.395. The van der Waals surface area contributed by atoms with Gasteiger partial charge in [-0.15, -0.1) is 0 Å². The number of carbonyl (C=O) groups excluding carboxylic acids is 7. The molecule has 9 N–H and O–H groups in total. The van der Waals surface area contributed by atoms with Crippen molar-refractivity contribution in [2.45, 2.75) is 88.9 Å². The standard InChI is InChI=1S/C38H44N8O9/c1-19-14-33(49)55-30-16-22(9-10-23(19)30)42-36(52)27(15-21-18-40-25-7-4-3-6-24(21)25)44-34(50)20(2)41-37(53)29-8-5-13-46(29)38(54)28(17-31(39)47)45-35(51)26-11-12-32(48)43-26/h3-4,6-7,9-10,14,16,18,20,26-29,33,40,49H,5,8,11-13,15,17H2,1-2H3,(H2,39,47)(H,41,53)(H,42,52)(H,43,48)(H,44,50)(H,45,51)/t20-,26+,27-,28+,29+,33?/m1/s1. The van der Waals surface area contributed by atoms with Crippen molar-refractivity contribution in [2.24, 2.45) is 5.73 Å². The van der Waals surface area contributed by atoms with Crippen LogP contribution in [0, 0.1) is 0 Å². The molecule has 7 amide bonds. The van der Waals surface area contributed by atoms with E-state index < -0.39 is 78.4 Å². The van der Waals surface area contributed by atoms with Crippen molar-refractivity contribution >= 4 is 63.5 Å². The lowest BCUT2D eigenvalue weighted by atomic mass is 10.0. The summed E-state index contributed by atoms with van der Waals surface area (Å²) >= 11 is 0. The predicted octanol–water partition coefficient (Wildman–Crippen LogP) is 0.0825. The first-order chi connectivity index (χ1) is 26.3. The molecule has 2 fully saturated rings. The Kier molecular flexibility index (Phi) is 11.5. The zero-order chi connectivity index (χ0) is 39.4. The number of ether oxygens (including phenoxy) is 1. The summed E-state index contributed by atoms with van der Waals surface area (Å²) in [6, 6.07) is 7.02. The number of rotatable bonds is 13. The molecule has 290 valence electrons. The molecule has 0 aliphatic carbocycles. The van der Waals surface area contributed by atoms with Crippen LogP contribution in [0.4, 0.5) is 5.69 Å². The Morgan fingerprint density at radius 3 is 2.53 bits per heavy atom. The zero-order valence-electron chi connectivity index (χ0n) is 30.3. The lowest BCUT2D eigenvalue weighted by Gasteiger charge is -2.29. The van der Waals surface area contributed by atoms with Gasteiger partial charge in [0.05, 0.1) is 6.42 Å². The van der Waals surface area contributed by atoms with Crippen LogP contribution in [0.1, 0.15) is 57.1 Å². The number of hydrogen-bond acceptors (Lipinski definition) is 9. The van der Waals surface area contributed by atoms with Crippen molar-refractivity contribution in [3.8, 4) is 5.75 Å². The number of para-hydroxylation sites is 1. The Balaban J connectivity index is 1.13. The van der Waals surface area contributed by atoms with E-state index in [0.717, 1.165) is 27.6 Å². The largest absolute Gasteiger partial charge is 0.461 e. The van der Waals surface area contributed by atoms with Gasteiger partial charge in [0.2, 0.25) is 47.6 Å². The summed E-state index contributed by atoms with van der Waals surface area (Å²) in [5.41, 5.74) is 8.93. The molecule has 3 aliphatic heterocycles. The minimum absolute atomic E-state index is 0.0899. The van der Waals surface area contributed by atoms with Gasteiger partial charge in [-0.25, -0.2) is 0 Å². The van der Waals surface area contributed by atoms with Crippen LogP contribution in [-0.4, -0.2) is 99.4 Å². The molecule has 3 aliphatic rings. The summed E-state index contributed by atoms with van der Waals surface area (Å²) in [4.78, 5) is 95.4. The number of primary amides is 1. The van der Waals surface area contributed by atoms with E-state index in [1.165, 1.54) is 11.8 Å². The van der Waals surface area contributed by atoms with Crippen LogP contribution in [0.2, 0.25) is 0 Å². The number of anilines is 1. The highest BCUT2D eigenvalue weighted by atomic mass is 16.6. The molecule has 6 atom stereocenters. The van der Waals surface area contributed by atoms with Crippen molar-refractivity contribution in [1.29, 1.82) is 0 Å². The van der Waals surface area contributed by atoms with Crippen molar-refractivity contribution in [3.05, 3.63) is 65.9 Å². The molecule has 17 heteroatoms. The molecule has 55 heavy (non-hydrogen) atoms. The third-order valence-electron chi connectivity index (χ3n) is 9.97. The number of aliphatic hydroxyl groups is 1. The molecule has 2 aromatic carbocycles. The molecule has 0 spiro atoms. The van der Waals surface area contributed by atoms with E-state index >= 15 is 0 Å². The highest BCUT2D eigenvalue weighted by Crippen LogP contribution is 2.33. The average molecular weight is 757 g/mol. The maximum atomic E-state index is 13.8. The summed E-state index contributed by atoms with van der Waals surface area (Å²) < 4.78 is 5.52. The van der Waals surface area contributed by atoms with Gasteiger partial charge in [-0.05, 0) is 68.5 Å². The molecule has 3 aromatic rings. The molecule has 2 saturated heterocycles. The number of carbonyl (C=O) groups is 7. The van der Waals surface area contributed by atoms with Crippen LogP contribution in [-0.2, 0) is 40.0 Å². The average Bonchev–Trinajstić information content (AvgIpc) is 3.90. The number of allylic oxidation sites excluding steroid dienone is 1. The number of aromatic amines is 1. The van der Waals surface area contributed by atoms with Gasteiger partial charge in [0.1, 0.15) is 36.0 Å². The number of fused-ring (bicyclic) bond motifs is 2.